The summed E-state index contributed by atoms with van der Waals surface area (Å²) < 4.78 is 1.97. The Hall–Kier alpha value is -1.69. The Morgan fingerprint density at radius 1 is 1.45 bits per heavy atom. The molecule has 5 nitrogen and oxygen atoms in total. The molecule has 108 valence electrons. The minimum absolute atomic E-state index is 0.00970. The molecular formula is C14H19N3O2S. The van der Waals surface area contributed by atoms with Crippen LogP contribution in [-0.2, 0) is 11.3 Å². The molecule has 2 rings (SSSR count). The Morgan fingerprint density at radius 3 is 2.80 bits per heavy atom. The number of nitrogens with one attached hydrogen (secondary N) is 1. The average Bonchev–Trinajstić information content (AvgIpc) is 2.75. The fourth-order valence-electron chi connectivity index (χ4n) is 1.79. The molecular weight excluding hydrogens is 274 g/mol. The molecule has 1 amide bonds. The zero-order valence-corrected chi connectivity index (χ0v) is 13.0. The molecule has 1 atom stereocenters. The normalized spacial score (nSPS) is 12.8. The lowest BCUT2D eigenvalue weighted by Crippen LogP contribution is -2.39. The molecule has 0 saturated carbocycles. The zero-order chi connectivity index (χ0) is 14.9. The highest BCUT2D eigenvalue weighted by molar-refractivity contribution is 7.17. The molecule has 0 bridgehead atoms. The number of hydrogen-bond donors (Lipinski definition) is 1. The highest BCUT2D eigenvalue weighted by Gasteiger charge is 2.13. The molecule has 0 aliphatic heterocycles. The van der Waals surface area contributed by atoms with Gasteiger partial charge in [0.1, 0.15) is 11.2 Å². The molecule has 6 heteroatoms. The second-order valence-corrected chi connectivity index (χ2v) is 6.25. The lowest BCUT2D eigenvalue weighted by molar-refractivity contribution is -0.122. The Labute approximate surface area is 121 Å². The summed E-state index contributed by atoms with van der Waals surface area (Å²) in [6.07, 6.45) is 1.45. The number of hydrogen-bond acceptors (Lipinski definition) is 4. The molecule has 0 aliphatic rings. The molecule has 2 aromatic rings. The van der Waals surface area contributed by atoms with Crippen LogP contribution in [0.25, 0.3) is 10.2 Å². The summed E-state index contributed by atoms with van der Waals surface area (Å²) in [6.45, 7) is 7.97. The van der Waals surface area contributed by atoms with Crippen molar-refractivity contribution in [3.63, 3.8) is 0 Å². The summed E-state index contributed by atoms with van der Waals surface area (Å²) in [4.78, 5) is 28.4. The van der Waals surface area contributed by atoms with Gasteiger partial charge in [-0.3, -0.25) is 14.2 Å². The Morgan fingerprint density at radius 2 is 2.15 bits per heavy atom. The fourth-order valence-corrected chi connectivity index (χ4v) is 2.74. The number of amides is 1. The molecule has 1 N–H and O–H groups in total. The molecule has 0 spiro atoms. The number of aromatic nitrogens is 2. The standard InChI is InChI=1S/C14H19N3O2S/c1-8(2)10(4)16-11(18)5-17-7-15-12-9(3)6-20-13(12)14(17)19/h6-8,10H,5H2,1-4H3,(H,16,18). The maximum atomic E-state index is 12.3. The third kappa shape index (κ3) is 2.90. The van der Waals surface area contributed by atoms with E-state index in [1.54, 1.807) is 0 Å². The third-order valence-electron chi connectivity index (χ3n) is 3.43. The zero-order valence-electron chi connectivity index (χ0n) is 12.1. The number of aryl methyl sites for hydroxylation is 1. The summed E-state index contributed by atoms with van der Waals surface area (Å²) >= 11 is 1.37. The molecule has 2 heterocycles. The Bertz CT molecular complexity index is 687. The summed E-state index contributed by atoms with van der Waals surface area (Å²) in [5, 5.41) is 4.79. The molecule has 0 aromatic carbocycles. The molecule has 0 radical (unpaired) electrons. The maximum absolute atomic E-state index is 12.3. The van der Waals surface area contributed by atoms with E-state index in [0.717, 1.165) is 11.1 Å². The summed E-state index contributed by atoms with van der Waals surface area (Å²) in [6, 6.07) is 0.0823. The third-order valence-corrected chi connectivity index (χ3v) is 4.50. The van der Waals surface area contributed by atoms with Crippen LogP contribution >= 0.6 is 11.3 Å². The number of carbonyl (C=O) groups is 1. The van der Waals surface area contributed by atoms with E-state index in [0.29, 0.717) is 10.6 Å². The lowest BCUT2D eigenvalue weighted by Gasteiger charge is -2.17. The number of rotatable bonds is 4. The first-order chi connectivity index (χ1) is 9.40. The largest absolute Gasteiger partial charge is 0.352 e. The van der Waals surface area contributed by atoms with Gasteiger partial charge in [-0.25, -0.2) is 4.98 Å². The second-order valence-electron chi connectivity index (χ2n) is 5.37. The monoisotopic (exact) mass is 293 g/mol. The van der Waals surface area contributed by atoms with Crippen LogP contribution in [0.2, 0.25) is 0 Å². The van der Waals surface area contributed by atoms with Crippen LogP contribution in [0.1, 0.15) is 26.3 Å². The van der Waals surface area contributed by atoms with E-state index in [-0.39, 0.29) is 24.1 Å². The number of thiophene rings is 1. The van der Waals surface area contributed by atoms with E-state index < -0.39 is 0 Å². The van der Waals surface area contributed by atoms with Crippen molar-refractivity contribution in [2.75, 3.05) is 0 Å². The van der Waals surface area contributed by atoms with Gasteiger partial charge in [0.2, 0.25) is 5.91 Å². The van der Waals surface area contributed by atoms with Crippen LogP contribution in [0.15, 0.2) is 16.5 Å². The van der Waals surface area contributed by atoms with Gasteiger partial charge in [-0.05, 0) is 30.7 Å². The molecule has 0 fully saturated rings. The second kappa shape index (κ2) is 5.75. The summed E-state index contributed by atoms with van der Waals surface area (Å²) in [5.74, 6) is 0.193. The molecule has 20 heavy (non-hydrogen) atoms. The van der Waals surface area contributed by atoms with Gasteiger partial charge >= 0.3 is 0 Å². The lowest BCUT2D eigenvalue weighted by atomic mass is 10.1. The molecule has 0 aliphatic carbocycles. The number of nitrogens with zero attached hydrogens (tertiary/aromatic N) is 2. The number of fused-ring (bicyclic) bond motifs is 1. The number of carbonyl (C=O) groups excluding carboxylic acids is 1. The van der Waals surface area contributed by atoms with E-state index in [4.69, 9.17) is 0 Å². The van der Waals surface area contributed by atoms with Gasteiger partial charge in [0, 0.05) is 6.04 Å². The van der Waals surface area contributed by atoms with Crippen LogP contribution in [0, 0.1) is 12.8 Å². The first-order valence-corrected chi connectivity index (χ1v) is 7.50. The maximum Gasteiger partial charge on any atom is 0.271 e. The SMILES string of the molecule is Cc1csc2c(=O)n(CC(=O)NC(C)C(C)C)cnc12. The quantitative estimate of drug-likeness (QED) is 0.937. The first-order valence-electron chi connectivity index (χ1n) is 6.62. The van der Waals surface area contributed by atoms with Gasteiger partial charge in [-0.15, -0.1) is 11.3 Å². The summed E-state index contributed by atoms with van der Waals surface area (Å²) in [7, 11) is 0. The smallest absolute Gasteiger partial charge is 0.271 e. The summed E-state index contributed by atoms with van der Waals surface area (Å²) in [5.41, 5.74) is 1.57. The average molecular weight is 293 g/mol. The minimum atomic E-state index is -0.164. The van der Waals surface area contributed by atoms with Crippen molar-refractivity contribution >= 4 is 27.5 Å². The van der Waals surface area contributed by atoms with E-state index in [1.807, 2.05) is 33.1 Å². The van der Waals surface area contributed by atoms with Gasteiger partial charge in [-0.2, -0.15) is 0 Å². The van der Waals surface area contributed by atoms with E-state index >= 15 is 0 Å². The van der Waals surface area contributed by atoms with E-state index in [9.17, 15) is 9.59 Å². The highest BCUT2D eigenvalue weighted by Crippen LogP contribution is 2.19. The Kier molecular flexibility index (Phi) is 4.23. The van der Waals surface area contributed by atoms with Gasteiger partial charge < -0.3 is 5.32 Å². The van der Waals surface area contributed by atoms with Gasteiger partial charge in [-0.1, -0.05) is 13.8 Å². The topological polar surface area (TPSA) is 64.0 Å². The fraction of sp³-hybridized carbons (Fsp3) is 0.500. The van der Waals surface area contributed by atoms with Crippen LogP contribution in [-0.4, -0.2) is 21.5 Å². The van der Waals surface area contributed by atoms with Gasteiger partial charge in [0.05, 0.1) is 11.8 Å². The van der Waals surface area contributed by atoms with Gasteiger partial charge in [0.25, 0.3) is 5.56 Å². The highest BCUT2D eigenvalue weighted by atomic mass is 32.1. The van der Waals surface area contributed by atoms with Crippen LogP contribution in [0.5, 0.6) is 0 Å². The molecule has 1 unspecified atom stereocenters. The van der Waals surface area contributed by atoms with Crippen molar-refractivity contribution in [1.29, 1.82) is 0 Å². The predicted octanol–water partition coefficient (Wildman–Crippen LogP) is 1.93. The van der Waals surface area contributed by atoms with Crippen LogP contribution in [0.4, 0.5) is 0 Å². The van der Waals surface area contributed by atoms with E-state index in [1.165, 1.54) is 22.2 Å². The Balaban J connectivity index is 2.20. The minimum Gasteiger partial charge on any atom is -0.352 e. The molecule has 2 aromatic heterocycles. The van der Waals surface area contributed by atoms with Gasteiger partial charge in [0.15, 0.2) is 0 Å². The molecule has 0 saturated heterocycles. The predicted molar refractivity (Wildman–Crippen MR) is 81.1 cm³/mol. The van der Waals surface area contributed by atoms with E-state index in [2.05, 4.69) is 10.3 Å². The first kappa shape index (κ1) is 14.7. The van der Waals surface area contributed by atoms with Crippen molar-refractivity contribution < 1.29 is 4.79 Å². The van der Waals surface area contributed by atoms with Crippen molar-refractivity contribution in [2.24, 2.45) is 5.92 Å². The van der Waals surface area contributed by atoms with Crippen molar-refractivity contribution in [3.05, 3.63) is 27.6 Å². The van der Waals surface area contributed by atoms with Crippen LogP contribution in [0.3, 0.4) is 0 Å². The van der Waals surface area contributed by atoms with Crippen LogP contribution < -0.4 is 10.9 Å². The van der Waals surface area contributed by atoms with Crippen molar-refractivity contribution in [1.82, 2.24) is 14.9 Å². The van der Waals surface area contributed by atoms with Crippen molar-refractivity contribution in [2.45, 2.75) is 40.3 Å². The van der Waals surface area contributed by atoms with Crippen molar-refractivity contribution in [3.8, 4) is 0 Å².